The van der Waals surface area contributed by atoms with E-state index in [9.17, 15) is 0 Å². The van der Waals surface area contributed by atoms with Crippen LogP contribution >= 0.6 is 0 Å². The summed E-state index contributed by atoms with van der Waals surface area (Å²) in [6.07, 6.45) is -1.83. The second-order valence-electron chi connectivity index (χ2n) is 4.31. The first-order valence-electron chi connectivity index (χ1n) is 4.68. The van der Waals surface area contributed by atoms with Crippen LogP contribution in [0.25, 0.3) is 0 Å². The van der Waals surface area contributed by atoms with E-state index in [1.807, 2.05) is 78.1 Å². The Hall–Kier alpha value is -0.850. The van der Waals surface area contributed by atoms with Crippen LogP contribution in [0.3, 0.4) is 0 Å². The average molecular weight is 239 g/mol. The van der Waals surface area contributed by atoms with Gasteiger partial charge < -0.3 is 24.9 Å². The van der Waals surface area contributed by atoms with Gasteiger partial charge in [0.05, 0.1) is 0 Å². The van der Waals surface area contributed by atoms with Crippen molar-refractivity contribution in [1.29, 1.82) is 0 Å². The summed E-state index contributed by atoms with van der Waals surface area (Å²) in [5.41, 5.74) is 0. The highest BCUT2D eigenvalue weighted by Crippen LogP contribution is 1.48. The van der Waals surface area contributed by atoms with Crippen LogP contribution in [-0.4, -0.2) is 94.5 Å². The molecule has 0 aromatic heterocycles. The highest BCUT2D eigenvalue weighted by atomic mass is 16.6. The summed E-state index contributed by atoms with van der Waals surface area (Å²) in [5, 5.41) is 13.9. The molecule has 0 atom stereocenters. The first kappa shape index (κ1) is 24.4. The number of rotatable bonds is 0. The lowest BCUT2D eigenvalue weighted by molar-refractivity contribution is 0.137. The molecule has 0 spiro atoms. The Balaban J connectivity index is -0.0000000600. The summed E-state index contributed by atoms with van der Waals surface area (Å²) < 4.78 is 0. The van der Waals surface area contributed by atoms with Crippen LogP contribution in [0, 0.1) is 0 Å². The first-order chi connectivity index (χ1) is 6.93. The topological polar surface area (TPSA) is 67.2 Å². The maximum atomic E-state index is 8.56. The number of carboxylic acid groups (broad SMARTS) is 2. The van der Waals surface area contributed by atoms with Gasteiger partial charge in [-0.1, -0.05) is 0 Å². The molecular weight excluding hydrogens is 210 g/mol. The van der Waals surface area contributed by atoms with Crippen molar-refractivity contribution in [3.63, 3.8) is 0 Å². The van der Waals surface area contributed by atoms with Crippen LogP contribution in [-0.2, 0) is 0 Å². The summed E-state index contributed by atoms with van der Waals surface area (Å²) in [5.74, 6) is 0. The highest BCUT2D eigenvalue weighted by Gasteiger charge is 1.70. The number of hydrogen-bond donors (Lipinski definition) is 2. The van der Waals surface area contributed by atoms with Crippen molar-refractivity contribution >= 4 is 6.16 Å². The molecule has 0 aliphatic rings. The predicted molar refractivity (Wildman–Crippen MR) is 69.5 cm³/mol. The van der Waals surface area contributed by atoms with Crippen molar-refractivity contribution in [2.75, 3.05) is 63.4 Å². The lowest BCUT2D eigenvalue weighted by Gasteiger charge is -1.90. The molecule has 0 saturated heterocycles. The van der Waals surface area contributed by atoms with E-state index in [0.29, 0.717) is 0 Å². The Morgan fingerprint density at radius 3 is 0.625 bits per heavy atom. The van der Waals surface area contributed by atoms with E-state index in [4.69, 9.17) is 15.0 Å². The van der Waals surface area contributed by atoms with Gasteiger partial charge in [-0.2, -0.15) is 0 Å². The molecule has 0 heterocycles. The van der Waals surface area contributed by atoms with Gasteiger partial charge in [-0.3, -0.25) is 0 Å². The summed E-state index contributed by atoms with van der Waals surface area (Å²) in [6.45, 7) is 0. The van der Waals surface area contributed by atoms with Crippen molar-refractivity contribution in [2.45, 2.75) is 0 Å². The number of nitrogens with zero attached hydrogens (tertiary/aromatic N) is 3. The van der Waals surface area contributed by atoms with Gasteiger partial charge in [0.2, 0.25) is 0 Å². The standard InChI is InChI=1S/3C3H9N.CH2O3/c3*1-4(2)3;2-1(3)4/h3*1-3H3;(H2,2,3,4). The van der Waals surface area contributed by atoms with Crippen molar-refractivity contribution in [1.82, 2.24) is 14.7 Å². The molecule has 0 rings (SSSR count). The molecular formula is C10H29N3O3. The summed E-state index contributed by atoms with van der Waals surface area (Å²) in [6, 6.07) is 0. The fraction of sp³-hybridized carbons (Fsp3) is 0.900. The van der Waals surface area contributed by atoms with E-state index < -0.39 is 6.16 Å². The Morgan fingerprint density at radius 1 is 0.625 bits per heavy atom. The zero-order valence-corrected chi connectivity index (χ0v) is 12.1. The monoisotopic (exact) mass is 239 g/mol. The molecule has 2 N–H and O–H groups in total. The molecule has 0 amide bonds. The Morgan fingerprint density at radius 2 is 0.625 bits per heavy atom. The van der Waals surface area contributed by atoms with Crippen LogP contribution in [0.1, 0.15) is 0 Å². The molecule has 0 bridgehead atoms. The average Bonchev–Trinajstić information content (AvgIpc) is 1.76. The van der Waals surface area contributed by atoms with Gasteiger partial charge in [-0.15, -0.1) is 0 Å². The van der Waals surface area contributed by atoms with Crippen LogP contribution in [0.2, 0.25) is 0 Å². The lowest BCUT2D eigenvalue weighted by atomic mass is 11.0. The third-order valence-corrected chi connectivity index (χ3v) is 0. The van der Waals surface area contributed by atoms with Gasteiger partial charge in [-0.05, 0) is 63.4 Å². The summed E-state index contributed by atoms with van der Waals surface area (Å²) >= 11 is 0. The fourth-order valence-electron chi connectivity index (χ4n) is 0. The van der Waals surface area contributed by atoms with Crippen molar-refractivity contribution in [2.24, 2.45) is 0 Å². The van der Waals surface area contributed by atoms with E-state index in [0.717, 1.165) is 0 Å². The summed E-state index contributed by atoms with van der Waals surface area (Å²) in [7, 11) is 18.0. The molecule has 0 saturated carbocycles. The lowest BCUT2D eigenvalue weighted by Crippen LogP contribution is -1.99. The molecule has 0 radical (unpaired) electrons. The third kappa shape index (κ3) is 2690. The second kappa shape index (κ2) is 19.7. The minimum atomic E-state index is -1.83. The van der Waals surface area contributed by atoms with Crippen molar-refractivity contribution in [3.8, 4) is 0 Å². The van der Waals surface area contributed by atoms with Crippen LogP contribution in [0.15, 0.2) is 0 Å². The van der Waals surface area contributed by atoms with Crippen LogP contribution < -0.4 is 0 Å². The Bertz CT molecular complexity index is 102. The molecule has 0 fully saturated rings. The molecule has 16 heavy (non-hydrogen) atoms. The molecule has 6 heteroatoms. The molecule has 0 aromatic carbocycles. The van der Waals surface area contributed by atoms with Crippen LogP contribution in [0.5, 0.6) is 0 Å². The number of hydrogen-bond acceptors (Lipinski definition) is 4. The normalized spacial score (nSPS) is 8.25. The largest absolute Gasteiger partial charge is 0.503 e. The van der Waals surface area contributed by atoms with E-state index in [-0.39, 0.29) is 0 Å². The molecule has 6 nitrogen and oxygen atoms in total. The van der Waals surface area contributed by atoms with Crippen molar-refractivity contribution < 1.29 is 15.0 Å². The van der Waals surface area contributed by atoms with Gasteiger partial charge in [0.15, 0.2) is 0 Å². The first-order valence-corrected chi connectivity index (χ1v) is 4.68. The van der Waals surface area contributed by atoms with E-state index >= 15 is 0 Å². The van der Waals surface area contributed by atoms with Crippen molar-refractivity contribution in [3.05, 3.63) is 0 Å². The summed E-state index contributed by atoms with van der Waals surface area (Å²) in [4.78, 5) is 14.6. The second-order valence-corrected chi connectivity index (χ2v) is 4.31. The maximum Gasteiger partial charge on any atom is 0.503 e. The van der Waals surface area contributed by atoms with E-state index in [2.05, 4.69) is 0 Å². The van der Waals surface area contributed by atoms with E-state index in [1.165, 1.54) is 0 Å². The molecule has 0 aliphatic heterocycles. The van der Waals surface area contributed by atoms with Gasteiger partial charge in [0, 0.05) is 0 Å². The Kier molecular flexibility index (Phi) is 30.0. The minimum absolute atomic E-state index is 1.83. The fourth-order valence-corrected chi connectivity index (χ4v) is 0. The number of carbonyl (C=O) groups is 1. The zero-order chi connectivity index (χ0) is 14.3. The molecule has 102 valence electrons. The highest BCUT2D eigenvalue weighted by molar-refractivity contribution is 5.53. The zero-order valence-electron chi connectivity index (χ0n) is 12.1. The Labute approximate surface area is 100 Å². The minimum Gasteiger partial charge on any atom is -0.450 e. The van der Waals surface area contributed by atoms with Gasteiger partial charge >= 0.3 is 6.16 Å². The van der Waals surface area contributed by atoms with Gasteiger partial charge in [0.1, 0.15) is 0 Å². The smallest absolute Gasteiger partial charge is 0.450 e. The quantitative estimate of drug-likeness (QED) is 0.650. The molecule has 0 aromatic rings. The third-order valence-electron chi connectivity index (χ3n) is 0. The predicted octanol–water partition coefficient (Wildman–Crippen LogP) is 0.756. The molecule has 0 unspecified atom stereocenters. The van der Waals surface area contributed by atoms with Gasteiger partial charge in [0.25, 0.3) is 0 Å². The van der Waals surface area contributed by atoms with Crippen LogP contribution in [0.4, 0.5) is 4.79 Å². The molecule has 0 aliphatic carbocycles. The SMILES string of the molecule is CN(C)C.CN(C)C.CN(C)C.O=C(O)O. The van der Waals surface area contributed by atoms with Gasteiger partial charge in [-0.25, -0.2) is 4.79 Å². The van der Waals surface area contributed by atoms with E-state index in [1.54, 1.807) is 0 Å². The maximum absolute atomic E-state index is 8.56.